The van der Waals surface area contributed by atoms with Gasteiger partial charge in [0.2, 0.25) is 0 Å². The number of benzene rings is 2. The van der Waals surface area contributed by atoms with Crippen molar-refractivity contribution in [2.45, 2.75) is 6.42 Å². The Hall–Kier alpha value is -2.47. The Morgan fingerprint density at radius 2 is 1.72 bits per heavy atom. The fourth-order valence-electron chi connectivity index (χ4n) is 1.57. The van der Waals surface area contributed by atoms with E-state index in [0.717, 1.165) is 17.2 Å². The van der Waals surface area contributed by atoms with Crippen molar-refractivity contribution in [1.29, 1.82) is 5.26 Å². The third kappa shape index (κ3) is 3.26. The minimum Gasteiger partial charge on any atom is -0.455 e. The monoisotopic (exact) mass is 238 g/mol. The van der Waals surface area contributed by atoms with Crippen LogP contribution in [-0.2, 0) is 0 Å². The molecular weight excluding hydrogens is 224 g/mol. The standard InChI is InChI=1S/C15H14N2O/c16-11-6-12-17-14-9-4-5-10-15(14)18-13-7-2-1-3-8-13/h1-5,7-10,17H,6,12H2. The van der Waals surface area contributed by atoms with Gasteiger partial charge in [-0.15, -0.1) is 0 Å². The summed E-state index contributed by atoms with van der Waals surface area (Å²) in [5.41, 5.74) is 0.900. The van der Waals surface area contributed by atoms with Gasteiger partial charge in [-0.05, 0) is 24.3 Å². The second-order valence-corrected chi connectivity index (χ2v) is 3.75. The predicted molar refractivity (Wildman–Crippen MR) is 71.7 cm³/mol. The summed E-state index contributed by atoms with van der Waals surface area (Å²) in [7, 11) is 0. The van der Waals surface area contributed by atoms with E-state index in [1.165, 1.54) is 0 Å². The number of rotatable bonds is 5. The number of nitrogens with zero attached hydrogens (tertiary/aromatic N) is 1. The normalized spacial score (nSPS) is 9.50. The third-order valence-electron chi connectivity index (χ3n) is 2.41. The van der Waals surface area contributed by atoms with E-state index in [1.807, 2.05) is 54.6 Å². The molecule has 0 atom stereocenters. The van der Waals surface area contributed by atoms with Gasteiger partial charge in [0.05, 0.1) is 18.2 Å². The third-order valence-corrected chi connectivity index (χ3v) is 2.41. The molecule has 3 nitrogen and oxygen atoms in total. The van der Waals surface area contributed by atoms with Gasteiger partial charge in [-0.1, -0.05) is 30.3 Å². The molecule has 1 N–H and O–H groups in total. The van der Waals surface area contributed by atoms with Crippen LogP contribution < -0.4 is 10.1 Å². The Bertz CT molecular complexity index is 532. The highest BCUT2D eigenvalue weighted by molar-refractivity contribution is 5.57. The molecule has 0 amide bonds. The fraction of sp³-hybridized carbons (Fsp3) is 0.133. The van der Waals surface area contributed by atoms with E-state index in [2.05, 4.69) is 11.4 Å². The summed E-state index contributed by atoms with van der Waals surface area (Å²) in [4.78, 5) is 0. The van der Waals surface area contributed by atoms with Gasteiger partial charge in [0.25, 0.3) is 0 Å². The van der Waals surface area contributed by atoms with Crippen LogP contribution in [0.1, 0.15) is 6.42 Å². The van der Waals surface area contributed by atoms with Crippen LogP contribution in [0.4, 0.5) is 5.69 Å². The van der Waals surface area contributed by atoms with E-state index in [9.17, 15) is 0 Å². The molecule has 0 aliphatic rings. The molecule has 0 heterocycles. The number of anilines is 1. The average Bonchev–Trinajstić information content (AvgIpc) is 2.42. The predicted octanol–water partition coefficient (Wildman–Crippen LogP) is 3.80. The van der Waals surface area contributed by atoms with Crippen LogP contribution in [0.25, 0.3) is 0 Å². The lowest BCUT2D eigenvalue weighted by molar-refractivity contribution is 0.484. The number of nitrogens with one attached hydrogen (secondary N) is 1. The summed E-state index contributed by atoms with van der Waals surface area (Å²) in [5.74, 6) is 1.56. The Balaban J connectivity index is 2.10. The van der Waals surface area contributed by atoms with E-state index in [1.54, 1.807) is 0 Å². The molecule has 0 spiro atoms. The van der Waals surface area contributed by atoms with Gasteiger partial charge in [-0.2, -0.15) is 5.26 Å². The molecule has 18 heavy (non-hydrogen) atoms. The quantitative estimate of drug-likeness (QED) is 0.806. The molecule has 0 saturated carbocycles. The number of para-hydroxylation sites is 3. The second-order valence-electron chi connectivity index (χ2n) is 3.75. The van der Waals surface area contributed by atoms with Gasteiger partial charge in [-0.25, -0.2) is 0 Å². The van der Waals surface area contributed by atoms with Gasteiger partial charge in [0, 0.05) is 6.54 Å². The zero-order chi connectivity index (χ0) is 12.6. The molecule has 0 aromatic heterocycles. The van der Waals surface area contributed by atoms with Gasteiger partial charge < -0.3 is 10.1 Å². The van der Waals surface area contributed by atoms with E-state index >= 15 is 0 Å². The topological polar surface area (TPSA) is 45.0 Å². The van der Waals surface area contributed by atoms with Crippen LogP contribution in [-0.4, -0.2) is 6.54 Å². The average molecular weight is 238 g/mol. The molecule has 0 unspecified atom stereocenters. The summed E-state index contributed by atoms with van der Waals surface area (Å²) in [6.45, 7) is 0.617. The summed E-state index contributed by atoms with van der Waals surface area (Å²) in [6, 6.07) is 19.4. The highest BCUT2D eigenvalue weighted by atomic mass is 16.5. The van der Waals surface area contributed by atoms with Crippen LogP contribution in [0, 0.1) is 11.3 Å². The SMILES string of the molecule is N#CCCNc1ccccc1Oc1ccccc1. The van der Waals surface area contributed by atoms with E-state index in [4.69, 9.17) is 10.00 Å². The zero-order valence-corrected chi connectivity index (χ0v) is 9.97. The summed E-state index contributed by atoms with van der Waals surface area (Å²) < 4.78 is 5.79. The molecule has 0 aliphatic carbocycles. The number of hydrogen-bond donors (Lipinski definition) is 1. The first-order valence-corrected chi connectivity index (χ1v) is 5.83. The minimum absolute atomic E-state index is 0.472. The lowest BCUT2D eigenvalue weighted by Crippen LogP contribution is -2.01. The molecule has 90 valence electrons. The highest BCUT2D eigenvalue weighted by Gasteiger charge is 2.03. The van der Waals surface area contributed by atoms with Gasteiger partial charge in [-0.3, -0.25) is 0 Å². The molecule has 0 saturated heterocycles. The Labute approximate surface area is 107 Å². The van der Waals surface area contributed by atoms with Crippen LogP contribution >= 0.6 is 0 Å². The molecule has 0 radical (unpaired) electrons. The Morgan fingerprint density at radius 1 is 1.00 bits per heavy atom. The maximum absolute atomic E-state index is 8.53. The van der Waals surface area contributed by atoms with Crippen molar-refractivity contribution in [1.82, 2.24) is 0 Å². The number of hydrogen-bond acceptors (Lipinski definition) is 3. The summed E-state index contributed by atoms with van der Waals surface area (Å²) in [6.07, 6.45) is 0.472. The largest absolute Gasteiger partial charge is 0.455 e. The second kappa shape index (κ2) is 6.31. The summed E-state index contributed by atoms with van der Waals surface area (Å²) >= 11 is 0. The zero-order valence-electron chi connectivity index (χ0n) is 9.97. The van der Waals surface area contributed by atoms with Crippen LogP contribution in [0.3, 0.4) is 0 Å². The fourth-order valence-corrected chi connectivity index (χ4v) is 1.57. The molecule has 2 aromatic carbocycles. The highest BCUT2D eigenvalue weighted by Crippen LogP contribution is 2.28. The number of nitriles is 1. The smallest absolute Gasteiger partial charge is 0.150 e. The first kappa shape index (κ1) is 12.0. The molecule has 0 aliphatic heterocycles. The molecular formula is C15H14N2O. The molecule has 0 fully saturated rings. The van der Waals surface area contributed by atoms with Gasteiger partial charge in [0.1, 0.15) is 5.75 Å². The number of ether oxygens (including phenoxy) is 1. The van der Waals surface area contributed by atoms with Crippen LogP contribution in [0.2, 0.25) is 0 Å². The molecule has 2 rings (SSSR count). The molecule has 3 heteroatoms. The van der Waals surface area contributed by atoms with Crippen molar-refractivity contribution in [2.24, 2.45) is 0 Å². The van der Waals surface area contributed by atoms with Gasteiger partial charge in [0.15, 0.2) is 5.75 Å². The lowest BCUT2D eigenvalue weighted by atomic mass is 10.2. The Morgan fingerprint density at radius 3 is 2.50 bits per heavy atom. The van der Waals surface area contributed by atoms with Crippen molar-refractivity contribution in [3.8, 4) is 17.6 Å². The van der Waals surface area contributed by atoms with Crippen LogP contribution in [0.15, 0.2) is 54.6 Å². The van der Waals surface area contributed by atoms with Crippen molar-refractivity contribution >= 4 is 5.69 Å². The van der Waals surface area contributed by atoms with Crippen molar-refractivity contribution < 1.29 is 4.74 Å². The van der Waals surface area contributed by atoms with Crippen molar-refractivity contribution in [3.63, 3.8) is 0 Å². The van der Waals surface area contributed by atoms with E-state index in [0.29, 0.717) is 13.0 Å². The first-order valence-electron chi connectivity index (χ1n) is 5.83. The summed E-state index contributed by atoms with van der Waals surface area (Å²) in [5, 5.41) is 11.7. The lowest BCUT2D eigenvalue weighted by Gasteiger charge is -2.11. The van der Waals surface area contributed by atoms with Crippen molar-refractivity contribution in [3.05, 3.63) is 54.6 Å². The molecule has 0 bridgehead atoms. The van der Waals surface area contributed by atoms with Crippen LogP contribution in [0.5, 0.6) is 11.5 Å². The van der Waals surface area contributed by atoms with Gasteiger partial charge >= 0.3 is 0 Å². The van der Waals surface area contributed by atoms with Crippen molar-refractivity contribution in [2.75, 3.05) is 11.9 Å². The maximum atomic E-state index is 8.53. The molecule has 2 aromatic rings. The first-order chi connectivity index (χ1) is 8.90. The maximum Gasteiger partial charge on any atom is 0.150 e. The Kier molecular flexibility index (Phi) is 4.21. The van der Waals surface area contributed by atoms with E-state index < -0.39 is 0 Å². The minimum atomic E-state index is 0.472. The van der Waals surface area contributed by atoms with E-state index in [-0.39, 0.29) is 0 Å².